The third-order valence-corrected chi connectivity index (χ3v) is 5.94. The Balaban J connectivity index is 1.70. The van der Waals surface area contributed by atoms with Crippen molar-refractivity contribution in [2.75, 3.05) is 19.7 Å². The molecule has 0 spiro atoms. The van der Waals surface area contributed by atoms with Gasteiger partial charge in [-0.25, -0.2) is 0 Å². The second-order valence-electron chi connectivity index (χ2n) is 7.95. The standard InChI is InChI=1S/C21H25N3O4/c1-4-24-17(9-16(22-24)13(2)3)19(25)23-10-15-14-7-5-6-8-18(14)28-12-21(15,11-23)20(26)27/h5-9,13,15H,4,10-12H2,1-3H3,(H,26,27)/t15-,21-/m0/s1. The van der Waals surface area contributed by atoms with Crippen LogP contribution in [-0.2, 0) is 11.3 Å². The molecule has 7 nitrogen and oxygen atoms in total. The lowest BCUT2D eigenvalue weighted by atomic mass is 9.73. The van der Waals surface area contributed by atoms with Crippen LogP contribution in [0.1, 0.15) is 54.4 Å². The summed E-state index contributed by atoms with van der Waals surface area (Å²) in [6.07, 6.45) is 0. The number of aromatic nitrogens is 2. The zero-order valence-corrected chi connectivity index (χ0v) is 16.4. The second-order valence-corrected chi connectivity index (χ2v) is 7.95. The highest BCUT2D eigenvalue weighted by atomic mass is 16.5. The maximum atomic E-state index is 13.3. The molecule has 2 aromatic rings. The Morgan fingerprint density at radius 2 is 2.11 bits per heavy atom. The molecule has 4 rings (SSSR count). The molecule has 148 valence electrons. The number of benzene rings is 1. The number of carbonyl (C=O) groups is 2. The number of ether oxygens (including phenoxy) is 1. The predicted molar refractivity (Wildman–Crippen MR) is 103 cm³/mol. The maximum absolute atomic E-state index is 13.3. The SMILES string of the molecule is CCn1nc(C(C)C)cc1C(=O)N1C[C@H]2c3ccccc3OC[C@@]2(C(=O)O)C1. The number of carboxylic acid groups (broad SMARTS) is 1. The molecule has 0 saturated carbocycles. The highest BCUT2D eigenvalue weighted by Gasteiger charge is 2.57. The van der Waals surface area contributed by atoms with Gasteiger partial charge in [-0.3, -0.25) is 14.3 Å². The Morgan fingerprint density at radius 1 is 1.36 bits per heavy atom. The molecule has 0 bridgehead atoms. The first kappa shape index (κ1) is 18.5. The number of aryl methyl sites for hydroxylation is 1. The van der Waals surface area contributed by atoms with Gasteiger partial charge in [0, 0.05) is 31.1 Å². The first-order valence-corrected chi connectivity index (χ1v) is 9.69. The van der Waals surface area contributed by atoms with Gasteiger partial charge in [0.05, 0.1) is 5.69 Å². The first-order chi connectivity index (χ1) is 13.4. The van der Waals surface area contributed by atoms with Crippen LogP contribution in [0.2, 0.25) is 0 Å². The van der Waals surface area contributed by atoms with Gasteiger partial charge in [-0.1, -0.05) is 32.0 Å². The van der Waals surface area contributed by atoms with Crippen molar-refractivity contribution in [1.29, 1.82) is 0 Å². The number of hydrogen-bond donors (Lipinski definition) is 1. The summed E-state index contributed by atoms with van der Waals surface area (Å²) >= 11 is 0. The number of carbonyl (C=O) groups excluding carboxylic acids is 1. The molecular formula is C21H25N3O4. The number of para-hydroxylation sites is 1. The number of nitrogens with zero attached hydrogens (tertiary/aromatic N) is 3. The largest absolute Gasteiger partial charge is 0.492 e. The molecule has 1 N–H and O–H groups in total. The average Bonchev–Trinajstić information content (AvgIpc) is 3.30. The lowest BCUT2D eigenvalue weighted by Crippen LogP contribution is -2.46. The number of hydrogen-bond acceptors (Lipinski definition) is 4. The van der Waals surface area contributed by atoms with Gasteiger partial charge < -0.3 is 14.7 Å². The van der Waals surface area contributed by atoms with Crippen molar-refractivity contribution >= 4 is 11.9 Å². The summed E-state index contributed by atoms with van der Waals surface area (Å²) in [7, 11) is 0. The van der Waals surface area contributed by atoms with E-state index in [1.807, 2.05) is 51.1 Å². The van der Waals surface area contributed by atoms with E-state index in [0.717, 1.165) is 11.3 Å². The van der Waals surface area contributed by atoms with Crippen molar-refractivity contribution < 1.29 is 19.4 Å². The molecule has 1 fully saturated rings. The summed E-state index contributed by atoms with van der Waals surface area (Å²) in [6, 6.07) is 9.34. The Labute approximate surface area is 163 Å². The summed E-state index contributed by atoms with van der Waals surface area (Å²) in [5.74, 6) is -0.463. The minimum atomic E-state index is -1.12. The molecule has 0 unspecified atom stereocenters. The maximum Gasteiger partial charge on any atom is 0.315 e. The van der Waals surface area contributed by atoms with E-state index in [0.29, 0.717) is 24.5 Å². The minimum Gasteiger partial charge on any atom is -0.492 e. The van der Waals surface area contributed by atoms with Crippen LogP contribution < -0.4 is 4.74 Å². The lowest BCUT2D eigenvalue weighted by Gasteiger charge is -2.35. The number of fused-ring (bicyclic) bond motifs is 3. The van der Waals surface area contributed by atoms with E-state index in [1.54, 1.807) is 9.58 Å². The van der Waals surface area contributed by atoms with Gasteiger partial charge in [0.2, 0.25) is 0 Å². The van der Waals surface area contributed by atoms with Gasteiger partial charge in [0.25, 0.3) is 5.91 Å². The summed E-state index contributed by atoms with van der Waals surface area (Å²) in [4.78, 5) is 27.2. The summed E-state index contributed by atoms with van der Waals surface area (Å²) < 4.78 is 7.49. The minimum absolute atomic E-state index is 0.0675. The van der Waals surface area contributed by atoms with Crippen LogP contribution in [0.15, 0.2) is 30.3 Å². The monoisotopic (exact) mass is 383 g/mol. The van der Waals surface area contributed by atoms with Crippen LogP contribution >= 0.6 is 0 Å². The highest BCUT2D eigenvalue weighted by molar-refractivity contribution is 5.94. The molecule has 2 aliphatic rings. The molecule has 1 aromatic carbocycles. The van der Waals surface area contributed by atoms with E-state index in [-0.39, 0.29) is 30.9 Å². The van der Waals surface area contributed by atoms with Gasteiger partial charge in [0.1, 0.15) is 23.5 Å². The Kier molecular flexibility index (Phi) is 4.40. The van der Waals surface area contributed by atoms with Crippen LogP contribution in [0.25, 0.3) is 0 Å². The van der Waals surface area contributed by atoms with E-state index in [1.165, 1.54) is 0 Å². The molecule has 0 aliphatic carbocycles. The molecule has 1 saturated heterocycles. The zero-order valence-electron chi connectivity index (χ0n) is 16.4. The molecular weight excluding hydrogens is 358 g/mol. The fourth-order valence-electron chi connectivity index (χ4n) is 4.29. The lowest BCUT2D eigenvalue weighted by molar-refractivity contribution is -0.151. The fraction of sp³-hybridized carbons (Fsp3) is 0.476. The normalized spacial score (nSPS) is 23.3. The molecule has 2 atom stereocenters. The topological polar surface area (TPSA) is 84.7 Å². The van der Waals surface area contributed by atoms with Gasteiger partial charge in [-0.15, -0.1) is 0 Å². The van der Waals surface area contributed by atoms with Crippen LogP contribution in [0.5, 0.6) is 5.75 Å². The van der Waals surface area contributed by atoms with E-state index in [2.05, 4.69) is 5.10 Å². The van der Waals surface area contributed by atoms with Gasteiger partial charge in [0.15, 0.2) is 0 Å². The molecule has 3 heterocycles. The van der Waals surface area contributed by atoms with Crippen molar-refractivity contribution in [1.82, 2.24) is 14.7 Å². The van der Waals surface area contributed by atoms with Crippen LogP contribution in [0, 0.1) is 5.41 Å². The number of carboxylic acids is 1. The predicted octanol–water partition coefficient (Wildman–Crippen LogP) is 2.73. The van der Waals surface area contributed by atoms with Crippen LogP contribution in [0.3, 0.4) is 0 Å². The quantitative estimate of drug-likeness (QED) is 0.878. The second kappa shape index (κ2) is 6.65. The summed E-state index contributed by atoms with van der Waals surface area (Å²) in [5, 5.41) is 14.6. The van der Waals surface area contributed by atoms with Crippen LogP contribution in [-0.4, -0.2) is 51.4 Å². The number of rotatable bonds is 4. The average molecular weight is 383 g/mol. The number of likely N-dealkylation sites (tertiary alicyclic amines) is 1. The Morgan fingerprint density at radius 3 is 2.79 bits per heavy atom. The van der Waals surface area contributed by atoms with Crippen molar-refractivity contribution in [2.24, 2.45) is 5.41 Å². The summed E-state index contributed by atoms with van der Waals surface area (Å²) in [5.41, 5.74) is 1.11. The van der Waals surface area contributed by atoms with Crippen molar-refractivity contribution in [3.05, 3.63) is 47.3 Å². The first-order valence-electron chi connectivity index (χ1n) is 9.69. The van der Waals surface area contributed by atoms with Crippen LogP contribution in [0.4, 0.5) is 0 Å². The van der Waals surface area contributed by atoms with Crippen molar-refractivity contribution in [3.8, 4) is 5.75 Å². The smallest absolute Gasteiger partial charge is 0.315 e. The van der Waals surface area contributed by atoms with E-state index >= 15 is 0 Å². The highest BCUT2D eigenvalue weighted by Crippen LogP contribution is 2.49. The van der Waals surface area contributed by atoms with Crippen molar-refractivity contribution in [2.45, 2.75) is 39.2 Å². The molecule has 28 heavy (non-hydrogen) atoms. The Hall–Kier alpha value is -2.83. The molecule has 2 aliphatic heterocycles. The number of aliphatic carboxylic acids is 1. The summed E-state index contributed by atoms with van der Waals surface area (Å²) in [6.45, 7) is 7.16. The van der Waals surface area contributed by atoms with E-state index in [4.69, 9.17) is 4.74 Å². The zero-order chi connectivity index (χ0) is 20.1. The van der Waals surface area contributed by atoms with Gasteiger partial charge in [-0.05, 0) is 25.0 Å². The third kappa shape index (κ3) is 2.68. The van der Waals surface area contributed by atoms with Crippen molar-refractivity contribution in [3.63, 3.8) is 0 Å². The molecule has 7 heteroatoms. The van der Waals surface area contributed by atoms with E-state index in [9.17, 15) is 14.7 Å². The van der Waals surface area contributed by atoms with Gasteiger partial charge >= 0.3 is 5.97 Å². The number of amides is 1. The molecule has 0 radical (unpaired) electrons. The molecule has 1 amide bonds. The van der Waals surface area contributed by atoms with E-state index < -0.39 is 11.4 Å². The third-order valence-electron chi connectivity index (χ3n) is 5.94. The molecule has 1 aromatic heterocycles. The fourth-order valence-corrected chi connectivity index (χ4v) is 4.29. The van der Waals surface area contributed by atoms with Gasteiger partial charge in [-0.2, -0.15) is 5.10 Å². The Bertz CT molecular complexity index is 935.